The molecule has 1 aliphatic heterocycles. The zero-order valence-corrected chi connectivity index (χ0v) is 6.52. The summed E-state index contributed by atoms with van der Waals surface area (Å²) in [6, 6.07) is 1.40. The van der Waals surface area contributed by atoms with Crippen LogP contribution in [0.5, 0.6) is 0 Å². The second-order valence-electron chi connectivity index (χ2n) is 3.24. The van der Waals surface area contributed by atoms with Crippen LogP contribution in [0.25, 0.3) is 0 Å². The Kier molecular flexibility index (Phi) is 2.09. The lowest BCUT2D eigenvalue weighted by molar-refractivity contribution is 0.155. The first-order chi connectivity index (χ1) is 4.18. The zero-order valence-electron chi connectivity index (χ0n) is 6.52. The van der Waals surface area contributed by atoms with E-state index in [1.807, 2.05) is 0 Å². The van der Waals surface area contributed by atoms with Gasteiger partial charge in [-0.15, -0.1) is 0 Å². The summed E-state index contributed by atoms with van der Waals surface area (Å²) in [6.45, 7) is 6.83. The van der Waals surface area contributed by atoms with Gasteiger partial charge in [-0.05, 0) is 7.05 Å². The average molecular weight is 130 g/mol. The second-order valence-corrected chi connectivity index (χ2v) is 3.24. The first kappa shape index (κ1) is 7.03. The second kappa shape index (κ2) is 2.67. The van der Waals surface area contributed by atoms with E-state index in [4.69, 9.17) is 0 Å². The molecule has 2 heteroatoms. The standard InChI is InChI=1S/C7H16N2.H2/c1-6(2)8-7-4-9(3)5-7;/h6-8H,4-5H2,1-3H3;1H. The number of rotatable bonds is 2. The maximum Gasteiger partial charge on any atom is 0.0324 e. The van der Waals surface area contributed by atoms with Gasteiger partial charge in [0.2, 0.25) is 0 Å². The van der Waals surface area contributed by atoms with Crippen LogP contribution in [0.4, 0.5) is 0 Å². The molecule has 0 saturated carbocycles. The topological polar surface area (TPSA) is 15.3 Å². The predicted molar refractivity (Wildman–Crippen MR) is 41.7 cm³/mol. The Morgan fingerprint density at radius 2 is 2.11 bits per heavy atom. The maximum atomic E-state index is 3.47. The van der Waals surface area contributed by atoms with Crippen LogP contribution >= 0.6 is 0 Å². The minimum absolute atomic E-state index is 0. The van der Waals surface area contributed by atoms with Gasteiger partial charge < -0.3 is 10.2 Å². The van der Waals surface area contributed by atoms with E-state index in [0.717, 1.165) is 6.04 Å². The Bertz CT molecular complexity index is 89.6. The lowest BCUT2D eigenvalue weighted by atomic mass is 10.1. The van der Waals surface area contributed by atoms with E-state index in [1.165, 1.54) is 13.1 Å². The highest BCUT2D eigenvalue weighted by atomic mass is 15.2. The molecule has 1 fully saturated rings. The summed E-state index contributed by atoms with van der Waals surface area (Å²) in [5.41, 5.74) is 0. The van der Waals surface area contributed by atoms with E-state index in [-0.39, 0.29) is 1.43 Å². The molecule has 0 aromatic carbocycles. The van der Waals surface area contributed by atoms with Gasteiger partial charge in [0.15, 0.2) is 0 Å². The van der Waals surface area contributed by atoms with Crippen molar-refractivity contribution in [3.63, 3.8) is 0 Å². The van der Waals surface area contributed by atoms with E-state index < -0.39 is 0 Å². The number of nitrogens with zero attached hydrogens (tertiary/aromatic N) is 1. The summed E-state index contributed by atoms with van der Waals surface area (Å²) in [5.74, 6) is 0. The largest absolute Gasteiger partial charge is 0.309 e. The summed E-state index contributed by atoms with van der Waals surface area (Å²) in [4.78, 5) is 2.32. The molecule has 0 radical (unpaired) electrons. The van der Waals surface area contributed by atoms with E-state index in [1.54, 1.807) is 0 Å². The molecular weight excluding hydrogens is 112 g/mol. The quantitative estimate of drug-likeness (QED) is 0.587. The highest BCUT2D eigenvalue weighted by Crippen LogP contribution is 2.03. The molecule has 0 aromatic heterocycles. The zero-order chi connectivity index (χ0) is 6.85. The van der Waals surface area contributed by atoms with Gasteiger partial charge in [0, 0.05) is 26.6 Å². The van der Waals surface area contributed by atoms with Crippen molar-refractivity contribution >= 4 is 0 Å². The van der Waals surface area contributed by atoms with Crippen LogP contribution < -0.4 is 5.32 Å². The third kappa shape index (κ3) is 1.95. The van der Waals surface area contributed by atoms with Crippen molar-refractivity contribution in [3.05, 3.63) is 0 Å². The van der Waals surface area contributed by atoms with Crippen LogP contribution in [0.3, 0.4) is 0 Å². The van der Waals surface area contributed by atoms with Gasteiger partial charge in [0.25, 0.3) is 0 Å². The fourth-order valence-electron chi connectivity index (χ4n) is 1.28. The molecule has 1 rings (SSSR count). The molecule has 0 aliphatic carbocycles. The maximum absolute atomic E-state index is 3.47. The molecule has 0 aromatic rings. The van der Waals surface area contributed by atoms with Crippen LogP contribution in [0.2, 0.25) is 0 Å². The molecule has 1 aliphatic rings. The van der Waals surface area contributed by atoms with Crippen molar-refractivity contribution < 1.29 is 1.43 Å². The first-order valence-corrected chi connectivity index (χ1v) is 3.63. The van der Waals surface area contributed by atoms with Gasteiger partial charge >= 0.3 is 0 Å². The Morgan fingerprint density at radius 1 is 1.56 bits per heavy atom. The van der Waals surface area contributed by atoms with Crippen molar-refractivity contribution in [2.24, 2.45) is 0 Å². The van der Waals surface area contributed by atoms with Gasteiger partial charge in [-0.2, -0.15) is 0 Å². The van der Waals surface area contributed by atoms with Gasteiger partial charge in [-0.1, -0.05) is 13.8 Å². The highest BCUT2D eigenvalue weighted by molar-refractivity contribution is 4.84. The van der Waals surface area contributed by atoms with Gasteiger partial charge in [-0.3, -0.25) is 0 Å². The van der Waals surface area contributed by atoms with Crippen LogP contribution in [0, 0.1) is 0 Å². The van der Waals surface area contributed by atoms with E-state index >= 15 is 0 Å². The summed E-state index contributed by atoms with van der Waals surface area (Å²) in [6.07, 6.45) is 0. The smallest absolute Gasteiger partial charge is 0.0324 e. The third-order valence-corrected chi connectivity index (χ3v) is 1.63. The van der Waals surface area contributed by atoms with Crippen LogP contribution in [0.15, 0.2) is 0 Å². The monoisotopic (exact) mass is 130 g/mol. The van der Waals surface area contributed by atoms with Crippen LogP contribution in [0.1, 0.15) is 15.3 Å². The van der Waals surface area contributed by atoms with Crippen molar-refractivity contribution in [1.29, 1.82) is 0 Å². The summed E-state index contributed by atoms with van der Waals surface area (Å²) in [7, 11) is 2.15. The predicted octanol–water partition coefficient (Wildman–Crippen LogP) is 0.544. The van der Waals surface area contributed by atoms with Crippen molar-refractivity contribution in [2.45, 2.75) is 25.9 Å². The number of nitrogens with one attached hydrogen (secondary N) is 1. The molecular formula is C7H18N2. The lowest BCUT2D eigenvalue weighted by Crippen LogP contribution is -2.57. The molecule has 9 heavy (non-hydrogen) atoms. The fourth-order valence-corrected chi connectivity index (χ4v) is 1.28. The molecule has 1 saturated heterocycles. The molecule has 56 valence electrons. The summed E-state index contributed by atoms with van der Waals surface area (Å²) >= 11 is 0. The van der Waals surface area contributed by atoms with Crippen LogP contribution in [-0.4, -0.2) is 37.1 Å². The van der Waals surface area contributed by atoms with Gasteiger partial charge in [0.1, 0.15) is 0 Å². The Balaban J connectivity index is 0.000000810. The fraction of sp³-hybridized carbons (Fsp3) is 1.00. The highest BCUT2D eigenvalue weighted by Gasteiger charge is 2.22. The number of likely N-dealkylation sites (N-methyl/N-ethyl adjacent to an activating group) is 1. The molecule has 0 spiro atoms. The normalized spacial score (nSPS) is 22.7. The SMILES string of the molecule is CC(C)NC1CN(C)C1.[HH]. The minimum Gasteiger partial charge on any atom is -0.309 e. The molecule has 1 heterocycles. The Labute approximate surface area is 58.7 Å². The van der Waals surface area contributed by atoms with Crippen molar-refractivity contribution in [3.8, 4) is 0 Å². The molecule has 0 bridgehead atoms. The molecule has 2 nitrogen and oxygen atoms in total. The minimum atomic E-state index is 0. The van der Waals surface area contributed by atoms with E-state index in [2.05, 4.69) is 31.1 Å². The molecule has 0 atom stereocenters. The van der Waals surface area contributed by atoms with Crippen molar-refractivity contribution in [1.82, 2.24) is 10.2 Å². The van der Waals surface area contributed by atoms with Gasteiger partial charge in [-0.25, -0.2) is 0 Å². The lowest BCUT2D eigenvalue weighted by Gasteiger charge is -2.37. The number of likely N-dealkylation sites (tertiary alicyclic amines) is 1. The van der Waals surface area contributed by atoms with E-state index in [9.17, 15) is 0 Å². The number of hydrogen-bond acceptors (Lipinski definition) is 2. The van der Waals surface area contributed by atoms with Crippen LogP contribution in [-0.2, 0) is 0 Å². The molecule has 1 N–H and O–H groups in total. The van der Waals surface area contributed by atoms with Crippen molar-refractivity contribution in [2.75, 3.05) is 20.1 Å². The molecule has 0 amide bonds. The summed E-state index contributed by atoms with van der Waals surface area (Å²) < 4.78 is 0. The van der Waals surface area contributed by atoms with E-state index in [0.29, 0.717) is 6.04 Å². The summed E-state index contributed by atoms with van der Waals surface area (Å²) in [5, 5.41) is 3.47. The third-order valence-electron chi connectivity index (χ3n) is 1.63. The Hall–Kier alpha value is -0.0800. The Morgan fingerprint density at radius 3 is 2.44 bits per heavy atom. The first-order valence-electron chi connectivity index (χ1n) is 3.63. The molecule has 0 unspecified atom stereocenters. The average Bonchev–Trinajstić information content (AvgIpc) is 1.60. The number of hydrogen-bond donors (Lipinski definition) is 1. The van der Waals surface area contributed by atoms with Gasteiger partial charge in [0.05, 0.1) is 0 Å².